The molecule has 204 valence electrons. The van der Waals surface area contributed by atoms with Crippen LogP contribution in [0.4, 0.5) is 24.5 Å². The summed E-state index contributed by atoms with van der Waals surface area (Å²) in [7, 11) is 0. The lowest BCUT2D eigenvalue weighted by molar-refractivity contribution is -0.137. The van der Waals surface area contributed by atoms with Gasteiger partial charge in [0.1, 0.15) is 9.71 Å². The summed E-state index contributed by atoms with van der Waals surface area (Å²) in [6, 6.07) is 11.9. The van der Waals surface area contributed by atoms with Crippen LogP contribution in [0.15, 0.2) is 48.5 Å². The maximum Gasteiger partial charge on any atom is 0.416 e. The molecule has 1 N–H and O–H groups in total. The van der Waals surface area contributed by atoms with Crippen LogP contribution in [0.3, 0.4) is 0 Å². The molecule has 1 aliphatic rings. The quantitative estimate of drug-likeness (QED) is 0.296. The number of carbonyl (C=O) groups is 2. The number of ether oxygens (including phenoxy) is 2. The number of rotatable bonds is 6. The van der Waals surface area contributed by atoms with Crippen molar-refractivity contribution >= 4 is 56.4 Å². The summed E-state index contributed by atoms with van der Waals surface area (Å²) < 4.78 is 52.2. The largest absolute Gasteiger partial charge is 0.451 e. The molecule has 39 heavy (non-hydrogen) atoms. The van der Waals surface area contributed by atoms with E-state index in [0.717, 1.165) is 34.5 Å². The van der Waals surface area contributed by atoms with Crippen molar-refractivity contribution in [1.29, 1.82) is 0 Å². The van der Waals surface area contributed by atoms with Crippen molar-refractivity contribution in [3.05, 3.63) is 69.7 Å². The number of esters is 1. The number of halogens is 4. The third kappa shape index (κ3) is 5.87. The molecular weight excluding hydrogens is 557 g/mol. The molecule has 1 saturated heterocycles. The number of aryl methyl sites for hydroxylation is 1. The van der Waals surface area contributed by atoms with Crippen LogP contribution in [0.5, 0.6) is 0 Å². The molecule has 5 rings (SSSR count). The van der Waals surface area contributed by atoms with Crippen LogP contribution in [0.2, 0.25) is 5.02 Å². The molecule has 0 unspecified atom stereocenters. The summed E-state index contributed by atoms with van der Waals surface area (Å²) in [6.45, 7) is 2.89. The molecule has 0 saturated carbocycles. The fraction of sp³-hybridized carbons (Fsp3) is 0.269. The van der Waals surface area contributed by atoms with E-state index < -0.39 is 30.2 Å². The Kier molecular flexibility index (Phi) is 7.52. The topological polar surface area (TPSA) is 85.7 Å². The highest BCUT2D eigenvalue weighted by Gasteiger charge is 2.32. The third-order valence-corrected chi connectivity index (χ3v) is 7.44. The Morgan fingerprint density at radius 1 is 1.13 bits per heavy atom. The minimum atomic E-state index is -4.59. The van der Waals surface area contributed by atoms with E-state index in [1.165, 1.54) is 6.07 Å². The average molecular weight is 579 g/mol. The monoisotopic (exact) mass is 578 g/mol. The molecule has 1 aliphatic heterocycles. The molecule has 0 aliphatic carbocycles. The third-order valence-electron chi connectivity index (χ3n) is 6.10. The molecule has 0 bridgehead atoms. The molecule has 2 aromatic heterocycles. The molecule has 0 spiro atoms. The van der Waals surface area contributed by atoms with E-state index in [4.69, 9.17) is 21.1 Å². The highest BCUT2D eigenvalue weighted by Crippen LogP contribution is 2.36. The van der Waals surface area contributed by atoms with Crippen molar-refractivity contribution in [2.45, 2.75) is 13.1 Å². The predicted molar refractivity (Wildman–Crippen MR) is 142 cm³/mol. The van der Waals surface area contributed by atoms with Crippen molar-refractivity contribution < 1.29 is 32.2 Å². The number of anilines is 2. The summed E-state index contributed by atoms with van der Waals surface area (Å²) in [5.41, 5.74) is 0.970. The van der Waals surface area contributed by atoms with Gasteiger partial charge in [-0.1, -0.05) is 11.6 Å². The van der Waals surface area contributed by atoms with E-state index in [1.807, 2.05) is 11.8 Å². The van der Waals surface area contributed by atoms with E-state index in [2.05, 4.69) is 10.4 Å². The van der Waals surface area contributed by atoms with Crippen molar-refractivity contribution in [1.82, 2.24) is 9.78 Å². The number of hydrogen-bond acceptors (Lipinski definition) is 7. The second kappa shape index (κ2) is 10.9. The van der Waals surface area contributed by atoms with Crippen LogP contribution >= 0.6 is 22.9 Å². The number of nitrogens with one attached hydrogen (secondary N) is 1. The fourth-order valence-electron chi connectivity index (χ4n) is 4.19. The van der Waals surface area contributed by atoms with E-state index >= 15 is 0 Å². The van der Waals surface area contributed by atoms with E-state index in [1.54, 1.807) is 35.0 Å². The highest BCUT2D eigenvalue weighted by molar-refractivity contribution is 7.20. The van der Waals surface area contributed by atoms with Gasteiger partial charge in [-0.2, -0.15) is 18.3 Å². The first kappa shape index (κ1) is 27.0. The minimum Gasteiger partial charge on any atom is -0.451 e. The van der Waals surface area contributed by atoms with Crippen molar-refractivity contribution in [3.63, 3.8) is 0 Å². The minimum absolute atomic E-state index is 0.0201. The zero-order valence-electron chi connectivity index (χ0n) is 20.5. The van der Waals surface area contributed by atoms with Crippen LogP contribution in [0.1, 0.15) is 20.9 Å². The Labute approximate surface area is 229 Å². The molecule has 1 amide bonds. The van der Waals surface area contributed by atoms with Gasteiger partial charge in [0.2, 0.25) is 0 Å². The van der Waals surface area contributed by atoms with E-state index in [-0.39, 0.29) is 10.6 Å². The molecular formula is C26H22ClF3N4O4S. The Morgan fingerprint density at radius 2 is 1.85 bits per heavy atom. The number of benzene rings is 2. The first-order valence-corrected chi connectivity index (χ1v) is 13.1. The standard InChI is InChI=1S/C26H22ClF3N4O4S/c1-15-19-13-22(39-24(19)34(32-15)18-5-3-17(27)4-6-18)25(36)38-14-23(35)31-20-12-16(26(28,29)30)2-7-21(20)33-8-10-37-11-9-33/h2-7,12-13H,8-11,14H2,1H3,(H,31,35). The summed E-state index contributed by atoms with van der Waals surface area (Å²) >= 11 is 7.13. The van der Waals surface area contributed by atoms with Crippen molar-refractivity contribution in [2.24, 2.45) is 0 Å². The Bertz CT molecular complexity index is 1530. The van der Waals surface area contributed by atoms with Crippen molar-refractivity contribution in [3.8, 4) is 5.69 Å². The molecule has 13 heteroatoms. The average Bonchev–Trinajstić information content (AvgIpc) is 3.48. The van der Waals surface area contributed by atoms with Crippen molar-refractivity contribution in [2.75, 3.05) is 43.1 Å². The first-order chi connectivity index (χ1) is 18.6. The molecule has 0 radical (unpaired) electrons. The second-order valence-electron chi connectivity index (χ2n) is 8.76. The van der Waals surface area contributed by atoms with Gasteiger partial charge in [-0.15, -0.1) is 11.3 Å². The van der Waals surface area contributed by atoms with E-state index in [0.29, 0.717) is 47.5 Å². The number of amides is 1. The molecule has 3 heterocycles. The lowest BCUT2D eigenvalue weighted by Gasteiger charge is -2.31. The molecule has 0 atom stereocenters. The zero-order chi connectivity index (χ0) is 27.7. The lowest BCUT2D eigenvalue weighted by Crippen LogP contribution is -2.37. The summed E-state index contributed by atoms with van der Waals surface area (Å²) in [4.78, 5) is 28.2. The summed E-state index contributed by atoms with van der Waals surface area (Å²) in [6.07, 6.45) is -4.59. The zero-order valence-corrected chi connectivity index (χ0v) is 22.1. The van der Waals surface area contributed by atoms with Gasteiger partial charge in [-0.3, -0.25) is 4.79 Å². The second-order valence-corrected chi connectivity index (χ2v) is 10.2. The number of morpholine rings is 1. The molecule has 2 aromatic carbocycles. The molecule has 8 nitrogen and oxygen atoms in total. The predicted octanol–water partition coefficient (Wildman–Crippen LogP) is 5.70. The Balaban J connectivity index is 1.30. The van der Waals surface area contributed by atoms with Gasteiger partial charge in [0.15, 0.2) is 6.61 Å². The normalized spacial score (nSPS) is 14.0. The Morgan fingerprint density at radius 3 is 2.54 bits per heavy atom. The molecule has 1 fully saturated rings. The number of thiophene rings is 1. The number of alkyl halides is 3. The maximum atomic E-state index is 13.3. The number of nitrogens with zero attached hydrogens (tertiary/aromatic N) is 3. The number of aromatic nitrogens is 2. The van der Waals surface area contributed by atoms with Gasteiger partial charge in [-0.05, 0) is 55.5 Å². The van der Waals surface area contributed by atoms with Crippen LogP contribution < -0.4 is 10.2 Å². The number of fused-ring (bicyclic) bond motifs is 1. The van der Waals surface area contributed by atoms with Gasteiger partial charge < -0.3 is 19.7 Å². The fourth-order valence-corrected chi connectivity index (χ4v) is 5.39. The van der Waals surface area contributed by atoms with Crippen LogP contribution in [-0.4, -0.2) is 54.6 Å². The first-order valence-electron chi connectivity index (χ1n) is 11.9. The van der Waals surface area contributed by atoms with E-state index in [9.17, 15) is 22.8 Å². The molecule has 4 aromatic rings. The van der Waals surface area contributed by atoms with Gasteiger partial charge >= 0.3 is 12.1 Å². The number of hydrogen-bond donors (Lipinski definition) is 1. The maximum absolute atomic E-state index is 13.3. The number of carbonyl (C=O) groups excluding carboxylic acids is 2. The smallest absolute Gasteiger partial charge is 0.416 e. The van der Waals surface area contributed by atoms with Gasteiger partial charge in [0, 0.05) is 23.5 Å². The summed E-state index contributed by atoms with van der Waals surface area (Å²) in [5.74, 6) is -1.49. The van der Waals surface area contributed by atoms with Crippen LogP contribution in [0, 0.1) is 6.92 Å². The lowest BCUT2D eigenvalue weighted by atomic mass is 10.1. The summed E-state index contributed by atoms with van der Waals surface area (Å²) in [5, 5.41) is 8.32. The SMILES string of the molecule is Cc1nn(-c2ccc(Cl)cc2)c2sc(C(=O)OCC(=O)Nc3cc(C(F)(F)F)ccc3N3CCOCC3)cc12. The van der Waals surface area contributed by atoms with Gasteiger partial charge in [-0.25, -0.2) is 9.48 Å². The van der Waals surface area contributed by atoms with Crippen LogP contribution in [0.25, 0.3) is 15.9 Å². The van der Waals surface area contributed by atoms with Gasteiger partial charge in [0.05, 0.1) is 41.5 Å². The highest BCUT2D eigenvalue weighted by atomic mass is 35.5. The Hall–Kier alpha value is -3.61. The van der Waals surface area contributed by atoms with Gasteiger partial charge in [0.25, 0.3) is 5.91 Å². The van der Waals surface area contributed by atoms with Crippen LogP contribution in [-0.2, 0) is 20.4 Å².